The lowest BCUT2D eigenvalue weighted by Gasteiger charge is -2.12. The number of carboxylic acid groups (broad SMARTS) is 1. The molecule has 21 heavy (non-hydrogen) atoms. The van der Waals surface area contributed by atoms with Crippen LogP contribution in [0.5, 0.6) is 17.4 Å². The van der Waals surface area contributed by atoms with Crippen LogP contribution in [0.2, 0.25) is 0 Å². The molecule has 0 atom stereocenters. The zero-order valence-corrected chi connectivity index (χ0v) is 11.6. The molecule has 0 aliphatic carbocycles. The van der Waals surface area contributed by atoms with E-state index in [1.807, 2.05) is 13.0 Å². The van der Waals surface area contributed by atoms with Gasteiger partial charge in [0.05, 0.1) is 18.5 Å². The van der Waals surface area contributed by atoms with Crippen LogP contribution in [0.3, 0.4) is 0 Å². The third kappa shape index (κ3) is 3.62. The van der Waals surface area contributed by atoms with E-state index in [0.29, 0.717) is 18.1 Å². The quantitative estimate of drug-likeness (QED) is 0.848. The molecule has 0 spiro atoms. The number of para-hydroxylation sites is 2. The highest BCUT2D eigenvalue weighted by Crippen LogP contribution is 2.32. The van der Waals surface area contributed by atoms with Gasteiger partial charge in [0.1, 0.15) is 5.56 Å². The molecule has 0 saturated heterocycles. The number of nitrogen functional groups attached to an aromatic ring is 1. The molecule has 0 aliphatic heterocycles. The lowest BCUT2D eigenvalue weighted by Crippen LogP contribution is -2.04. The average molecular weight is 288 g/mol. The largest absolute Gasteiger partial charge is 0.490 e. The van der Waals surface area contributed by atoms with Crippen molar-refractivity contribution in [1.29, 1.82) is 0 Å². The van der Waals surface area contributed by atoms with Crippen LogP contribution < -0.4 is 15.2 Å². The van der Waals surface area contributed by atoms with Crippen LogP contribution in [-0.4, -0.2) is 22.7 Å². The normalized spacial score (nSPS) is 10.1. The Hall–Kier alpha value is -2.76. The standard InChI is InChI=1S/C15H16N2O4/c1-2-7-20-12-5-3-4-6-13(12)21-14-11(15(18)19)8-10(16)9-17-14/h3-6,8-9H,2,7,16H2,1H3,(H,18,19). The number of anilines is 1. The van der Waals surface area contributed by atoms with Gasteiger partial charge < -0.3 is 20.3 Å². The summed E-state index contributed by atoms with van der Waals surface area (Å²) in [7, 11) is 0. The highest BCUT2D eigenvalue weighted by molar-refractivity contribution is 5.91. The van der Waals surface area contributed by atoms with Crippen LogP contribution in [0.4, 0.5) is 5.69 Å². The van der Waals surface area contributed by atoms with Gasteiger partial charge in [0, 0.05) is 0 Å². The third-order valence-corrected chi connectivity index (χ3v) is 2.62. The van der Waals surface area contributed by atoms with Crippen molar-refractivity contribution in [3.05, 3.63) is 42.1 Å². The number of aromatic nitrogens is 1. The highest BCUT2D eigenvalue weighted by atomic mass is 16.5. The molecule has 0 unspecified atom stereocenters. The van der Waals surface area contributed by atoms with Crippen molar-refractivity contribution >= 4 is 11.7 Å². The molecule has 1 aromatic heterocycles. The second-order valence-corrected chi connectivity index (χ2v) is 4.32. The summed E-state index contributed by atoms with van der Waals surface area (Å²) < 4.78 is 11.1. The number of pyridine rings is 1. The van der Waals surface area contributed by atoms with Crippen LogP contribution >= 0.6 is 0 Å². The number of carbonyl (C=O) groups is 1. The number of hydrogen-bond donors (Lipinski definition) is 2. The Morgan fingerprint density at radius 3 is 2.71 bits per heavy atom. The van der Waals surface area contributed by atoms with E-state index in [2.05, 4.69) is 4.98 Å². The molecule has 0 aliphatic rings. The smallest absolute Gasteiger partial charge is 0.341 e. The van der Waals surface area contributed by atoms with E-state index in [4.69, 9.17) is 15.2 Å². The van der Waals surface area contributed by atoms with Crippen LogP contribution in [0.15, 0.2) is 36.5 Å². The summed E-state index contributed by atoms with van der Waals surface area (Å²) in [5.74, 6) is -0.235. The fourth-order valence-corrected chi connectivity index (χ4v) is 1.67. The van der Waals surface area contributed by atoms with E-state index in [1.54, 1.807) is 18.2 Å². The Labute approximate surface area is 122 Å². The monoisotopic (exact) mass is 288 g/mol. The number of ether oxygens (including phenoxy) is 2. The van der Waals surface area contributed by atoms with Gasteiger partial charge in [-0.3, -0.25) is 0 Å². The zero-order valence-electron chi connectivity index (χ0n) is 11.6. The molecule has 3 N–H and O–H groups in total. The lowest BCUT2D eigenvalue weighted by atomic mass is 10.2. The molecule has 110 valence electrons. The van der Waals surface area contributed by atoms with Crippen molar-refractivity contribution in [2.75, 3.05) is 12.3 Å². The number of aromatic carboxylic acids is 1. The van der Waals surface area contributed by atoms with E-state index < -0.39 is 5.97 Å². The number of carboxylic acids is 1. The van der Waals surface area contributed by atoms with Gasteiger partial charge >= 0.3 is 5.97 Å². The van der Waals surface area contributed by atoms with Crippen molar-refractivity contribution in [3.63, 3.8) is 0 Å². The zero-order chi connectivity index (χ0) is 15.2. The molecule has 1 aromatic carbocycles. The molecule has 0 saturated carbocycles. The third-order valence-electron chi connectivity index (χ3n) is 2.62. The van der Waals surface area contributed by atoms with Gasteiger partial charge in [-0.25, -0.2) is 9.78 Å². The predicted molar refractivity (Wildman–Crippen MR) is 77.9 cm³/mol. The number of benzene rings is 1. The van der Waals surface area contributed by atoms with E-state index in [9.17, 15) is 9.90 Å². The van der Waals surface area contributed by atoms with Crippen molar-refractivity contribution in [1.82, 2.24) is 4.98 Å². The van der Waals surface area contributed by atoms with E-state index in [0.717, 1.165) is 6.42 Å². The van der Waals surface area contributed by atoms with Gasteiger partial charge in [-0.15, -0.1) is 0 Å². The first-order valence-corrected chi connectivity index (χ1v) is 6.50. The fraction of sp³-hybridized carbons (Fsp3) is 0.200. The molecule has 0 radical (unpaired) electrons. The minimum absolute atomic E-state index is 0.0238. The highest BCUT2D eigenvalue weighted by Gasteiger charge is 2.16. The predicted octanol–water partition coefficient (Wildman–Crippen LogP) is 2.94. The van der Waals surface area contributed by atoms with Gasteiger partial charge in [-0.1, -0.05) is 19.1 Å². The van der Waals surface area contributed by atoms with Gasteiger partial charge in [0.25, 0.3) is 0 Å². The number of nitrogens with two attached hydrogens (primary N) is 1. The van der Waals surface area contributed by atoms with Crippen molar-refractivity contribution in [3.8, 4) is 17.4 Å². The Balaban J connectivity index is 2.32. The number of rotatable bonds is 6. The molecule has 2 rings (SSSR count). The minimum Gasteiger partial charge on any atom is -0.490 e. The molecule has 6 nitrogen and oxygen atoms in total. The Bertz CT molecular complexity index is 643. The second-order valence-electron chi connectivity index (χ2n) is 4.32. The van der Waals surface area contributed by atoms with Crippen molar-refractivity contribution < 1.29 is 19.4 Å². The molecule has 0 bridgehead atoms. The molecule has 1 heterocycles. The van der Waals surface area contributed by atoms with Gasteiger partial charge in [0.15, 0.2) is 11.5 Å². The Morgan fingerprint density at radius 1 is 1.33 bits per heavy atom. The fourth-order valence-electron chi connectivity index (χ4n) is 1.67. The summed E-state index contributed by atoms with van der Waals surface area (Å²) in [5, 5.41) is 9.17. The van der Waals surface area contributed by atoms with E-state index in [-0.39, 0.29) is 17.1 Å². The van der Waals surface area contributed by atoms with Crippen LogP contribution in [0.1, 0.15) is 23.7 Å². The second kappa shape index (κ2) is 6.60. The Kier molecular flexibility index (Phi) is 4.61. The molecular formula is C15H16N2O4. The maximum atomic E-state index is 11.2. The lowest BCUT2D eigenvalue weighted by molar-refractivity contribution is 0.0693. The first-order chi connectivity index (χ1) is 10.1. The van der Waals surface area contributed by atoms with E-state index >= 15 is 0 Å². The maximum absolute atomic E-state index is 11.2. The number of nitrogens with zero attached hydrogens (tertiary/aromatic N) is 1. The van der Waals surface area contributed by atoms with Gasteiger partial charge in [0.2, 0.25) is 5.88 Å². The van der Waals surface area contributed by atoms with E-state index in [1.165, 1.54) is 12.3 Å². The first kappa shape index (κ1) is 14.6. The summed E-state index contributed by atoms with van der Waals surface area (Å²) in [6, 6.07) is 8.33. The summed E-state index contributed by atoms with van der Waals surface area (Å²) in [5.41, 5.74) is 5.71. The van der Waals surface area contributed by atoms with Gasteiger partial charge in [-0.2, -0.15) is 0 Å². The summed E-state index contributed by atoms with van der Waals surface area (Å²) in [6.45, 7) is 2.54. The summed E-state index contributed by atoms with van der Waals surface area (Å²) in [6.07, 6.45) is 2.20. The van der Waals surface area contributed by atoms with Crippen molar-refractivity contribution in [2.45, 2.75) is 13.3 Å². The number of hydrogen-bond acceptors (Lipinski definition) is 5. The summed E-state index contributed by atoms with van der Waals surface area (Å²) in [4.78, 5) is 15.1. The van der Waals surface area contributed by atoms with Crippen LogP contribution in [0, 0.1) is 0 Å². The molecule has 6 heteroatoms. The average Bonchev–Trinajstić information content (AvgIpc) is 2.48. The first-order valence-electron chi connectivity index (χ1n) is 6.50. The van der Waals surface area contributed by atoms with Crippen LogP contribution in [0.25, 0.3) is 0 Å². The van der Waals surface area contributed by atoms with Crippen molar-refractivity contribution in [2.24, 2.45) is 0 Å². The van der Waals surface area contributed by atoms with Gasteiger partial charge in [-0.05, 0) is 24.6 Å². The molecule has 0 fully saturated rings. The topological polar surface area (TPSA) is 94.7 Å². The minimum atomic E-state index is -1.16. The summed E-state index contributed by atoms with van der Waals surface area (Å²) >= 11 is 0. The Morgan fingerprint density at radius 2 is 2.05 bits per heavy atom. The molecular weight excluding hydrogens is 272 g/mol. The molecule has 0 amide bonds. The van der Waals surface area contributed by atoms with Crippen LogP contribution in [-0.2, 0) is 0 Å². The maximum Gasteiger partial charge on any atom is 0.341 e. The molecule has 2 aromatic rings. The SMILES string of the molecule is CCCOc1ccccc1Oc1ncc(N)cc1C(=O)O.